The van der Waals surface area contributed by atoms with Crippen molar-refractivity contribution >= 4 is 5.78 Å². The van der Waals surface area contributed by atoms with Gasteiger partial charge in [-0.05, 0) is 33.4 Å². The maximum atomic E-state index is 11.2. The van der Waals surface area contributed by atoms with E-state index in [-0.39, 0.29) is 0 Å². The molecule has 0 saturated carbocycles. The van der Waals surface area contributed by atoms with E-state index in [2.05, 4.69) is 18.7 Å². The van der Waals surface area contributed by atoms with E-state index in [4.69, 9.17) is 5.73 Å². The van der Waals surface area contributed by atoms with Gasteiger partial charge in [-0.3, -0.25) is 4.79 Å². The molecular weight excluding hydrogens is 176 g/mol. The third-order valence-electron chi connectivity index (χ3n) is 2.45. The summed E-state index contributed by atoms with van der Waals surface area (Å²) in [6.07, 6.45) is 2.35. The van der Waals surface area contributed by atoms with Crippen molar-refractivity contribution in [3.05, 3.63) is 0 Å². The minimum Gasteiger partial charge on any atom is -0.330 e. The second kappa shape index (κ2) is 7.94. The average molecular weight is 200 g/mol. The molecule has 0 aliphatic heterocycles. The Morgan fingerprint density at radius 1 is 1.36 bits per heavy atom. The Labute approximate surface area is 87.6 Å². The summed E-state index contributed by atoms with van der Waals surface area (Å²) in [6, 6.07) is 0.506. The molecule has 0 rings (SSSR count). The maximum Gasteiger partial charge on any atom is 0.133 e. The molecule has 0 radical (unpaired) electrons. The molecule has 0 spiro atoms. The van der Waals surface area contributed by atoms with Crippen molar-refractivity contribution in [1.82, 2.24) is 4.90 Å². The van der Waals surface area contributed by atoms with E-state index in [0.29, 0.717) is 24.7 Å². The molecule has 0 fully saturated rings. The van der Waals surface area contributed by atoms with E-state index in [1.165, 1.54) is 0 Å². The highest BCUT2D eigenvalue weighted by Crippen LogP contribution is 2.02. The summed E-state index contributed by atoms with van der Waals surface area (Å²) in [5.41, 5.74) is 5.47. The second-order valence-electron chi connectivity index (χ2n) is 3.91. The van der Waals surface area contributed by atoms with Gasteiger partial charge >= 0.3 is 0 Å². The number of Topliss-reactive ketones (excluding diaryl/α,β-unsaturated/α-hetero) is 1. The highest BCUT2D eigenvalue weighted by atomic mass is 16.1. The average Bonchev–Trinajstić information content (AvgIpc) is 2.16. The molecule has 0 aliphatic rings. The van der Waals surface area contributed by atoms with Gasteiger partial charge in [-0.15, -0.1) is 0 Å². The lowest BCUT2D eigenvalue weighted by atomic mass is 10.2. The van der Waals surface area contributed by atoms with Crippen molar-refractivity contribution in [2.75, 3.05) is 19.6 Å². The van der Waals surface area contributed by atoms with E-state index >= 15 is 0 Å². The Morgan fingerprint density at radius 2 is 2.00 bits per heavy atom. The second-order valence-corrected chi connectivity index (χ2v) is 3.91. The number of rotatable bonds is 8. The van der Waals surface area contributed by atoms with Crippen LogP contribution in [0.5, 0.6) is 0 Å². The summed E-state index contributed by atoms with van der Waals surface area (Å²) >= 11 is 0. The zero-order chi connectivity index (χ0) is 11.0. The van der Waals surface area contributed by atoms with E-state index in [1.807, 2.05) is 6.92 Å². The lowest BCUT2D eigenvalue weighted by Gasteiger charge is -2.25. The first-order valence-electron chi connectivity index (χ1n) is 5.57. The minimum atomic E-state index is 0.350. The third kappa shape index (κ3) is 6.11. The van der Waals surface area contributed by atoms with Crippen LogP contribution >= 0.6 is 0 Å². The molecule has 0 unspecified atom stereocenters. The third-order valence-corrected chi connectivity index (χ3v) is 2.45. The van der Waals surface area contributed by atoms with Gasteiger partial charge < -0.3 is 10.6 Å². The fourth-order valence-corrected chi connectivity index (χ4v) is 1.37. The first kappa shape index (κ1) is 13.6. The van der Waals surface area contributed by atoms with Crippen LogP contribution in [0.25, 0.3) is 0 Å². The zero-order valence-corrected chi connectivity index (χ0v) is 9.75. The van der Waals surface area contributed by atoms with E-state index < -0.39 is 0 Å². The standard InChI is InChI=1S/C11H24N2O/c1-4-11(14)6-9-13(10(2)3)8-5-7-12/h10H,4-9,12H2,1-3H3. The first-order valence-corrected chi connectivity index (χ1v) is 5.57. The molecule has 2 N–H and O–H groups in total. The normalized spacial score (nSPS) is 11.3. The molecule has 3 heteroatoms. The van der Waals surface area contributed by atoms with Crippen LogP contribution in [-0.2, 0) is 4.79 Å². The molecule has 3 nitrogen and oxygen atoms in total. The van der Waals surface area contributed by atoms with Crippen molar-refractivity contribution in [3.63, 3.8) is 0 Å². The molecule has 0 saturated heterocycles. The summed E-state index contributed by atoms with van der Waals surface area (Å²) in [5, 5.41) is 0. The van der Waals surface area contributed by atoms with Crippen LogP contribution in [-0.4, -0.2) is 36.4 Å². The Morgan fingerprint density at radius 3 is 2.43 bits per heavy atom. The number of carbonyl (C=O) groups is 1. The van der Waals surface area contributed by atoms with Crippen molar-refractivity contribution in [2.24, 2.45) is 5.73 Å². The van der Waals surface area contributed by atoms with E-state index in [0.717, 1.165) is 26.1 Å². The summed E-state index contributed by atoms with van der Waals surface area (Å²) in [6.45, 7) is 8.85. The number of nitrogens with zero attached hydrogens (tertiary/aromatic N) is 1. The molecule has 84 valence electrons. The Hall–Kier alpha value is -0.410. The maximum absolute atomic E-state index is 11.2. The molecule has 0 heterocycles. The molecule has 0 amide bonds. The van der Waals surface area contributed by atoms with Gasteiger partial charge in [0, 0.05) is 25.4 Å². The van der Waals surface area contributed by atoms with Gasteiger partial charge in [0.05, 0.1) is 0 Å². The Balaban J connectivity index is 3.78. The summed E-state index contributed by atoms with van der Waals surface area (Å²) in [5.74, 6) is 0.350. The highest BCUT2D eigenvalue weighted by Gasteiger charge is 2.09. The van der Waals surface area contributed by atoms with Gasteiger partial charge in [-0.2, -0.15) is 0 Å². The fourth-order valence-electron chi connectivity index (χ4n) is 1.37. The van der Waals surface area contributed by atoms with Gasteiger partial charge in [0.1, 0.15) is 5.78 Å². The van der Waals surface area contributed by atoms with Gasteiger partial charge in [0.2, 0.25) is 0 Å². The van der Waals surface area contributed by atoms with E-state index in [1.54, 1.807) is 0 Å². The van der Waals surface area contributed by atoms with Crippen LogP contribution in [0.3, 0.4) is 0 Å². The monoisotopic (exact) mass is 200 g/mol. The fraction of sp³-hybridized carbons (Fsp3) is 0.909. The number of carbonyl (C=O) groups excluding carboxylic acids is 1. The van der Waals surface area contributed by atoms with Crippen LogP contribution in [0.15, 0.2) is 0 Å². The van der Waals surface area contributed by atoms with Crippen molar-refractivity contribution in [3.8, 4) is 0 Å². The van der Waals surface area contributed by atoms with Crippen LogP contribution in [0.1, 0.15) is 40.0 Å². The van der Waals surface area contributed by atoms with Gasteiger partial charge in [0.25, 0.3) is 0 Å². The topological polar surface area (TPSA) is 46.3 Å². The van der Waals surface area contributed by atoms with Crippen LogP contribution in [0, 0.1) is 0 Å². The summed E-state index contributed by atoms with van der Waals surface area (Å²) in [7, 11) is 0. The Bertz CT molecular complexity index is 157. The summed E-state index contributed by atoms with van der Waals surface area (Å²) < 4.78 is 0. The SMILES string of the molecule is CCC(=O)CCN(CCCN)C(C)C. The quantitative estimate of drug-likeness (QED) is 0.644. The molecule has 0 bridgehead atoms. The van der Waals surface area contributed by atoms with Crippen molar-refractivity contribution in [1.29, 1.82) is 0 Å². The number of hydrogen-bond donors (Lipinski definition) is 1. The van der Waals surface area contributed by atoms with Crippen molar-refractivity contribution < 1.29 is 4.79 Å². The van der Waals surface area contributed by atoms with Gasteiger partial charge in [-0.25, -0.2) is 0 Å². The number of nitrogens with two attached hydrogens (primary N) is 1. The molecule has 0 atom stereocenters. The van der Waals surface area contributed by atoms with Gasteiger partial charge in [0.15, 0.2) is 0 Å². The summed E-state index contributed by atoms with van der Waals surface area (Å²) in [4.78, 5) is 13.5. The molecule has 0 aromatic heterocycles. The van der Waals surface area contributed by atoms with E-state index in [9.17, 15) is 4.79 Å². The van der Waals surface area contributed by atoms with Crippen LogP contribution in [0.4, 0.5) is 0 Å². The van der Waals surface area contributed by atoms with Crippen molar-refractivity contribution in [2.45, 2.75) is 46.1 Å². The van der Waals surface area contributed by atoms with Gasteiger partial charge in [-0.1, -0.05) is 6.92 Å². The Kier molecular flexibility index (Phi) is 7.71. The minimum absolute atomic E-state index is 0.350. The molecule has 0 aromatic rings. The lowest BCUT2D eigenvalue weighted by Crippen LogP contribution is -2.34. The predicted octanol–water partition coefficient (Wildman–Crippen LogP) is 1.41. The highest BCUT2D eigenvalue weighted by molar-refractivity contribution is 5.78. The lowest BCUT2D eigenvalue weighted by molar-refractivity contribution is -0.119. The van der Waals surface area contributed by atoms with Crippen LogP contribution in [0.2, 0.25) is 0 Å². The predicted molar refractivity (Wildman–Crippen MR) is 60.3 cm³/mol. The number of ketones is 1. The molecule has 0 aromatic carbocycles. The number of hydrogen-bond acceptors (Lipinski definition) is 3. The van der Waals surface area contributed by atoms with Crippen LogP contribution < -0.4 is 5.73 Å². The molecular formula is C11H24N2O. The zero-order valence-electron chi connectivity index (χ0n) is 9.75. The molecule has 14 heavy (non-hydrogen) atoms. The first-order chi connectivity index (χ1) is 6.61. The largest absolute Gasteiger partial charge is 0.330 e. The molecule has 0 aliphatic carbocycles. The smallest absolute Gasteiger partial charge is 0.133 e.